The van der Waals surface area contributed by atoms with Gasteiger partial charge in [0.05, 0.1) is 0 Å². The number of carbonyl (C=O) groups excluding carboxylic acids is 1. The lowest BCUT2D eigenvalue weighted by Crippen LogP contribution is -2.45. The zero-order valence-electron chi connectivity index (χ0n) is 18.9. The third-order valence-corrected chi connectivity index (χ3v) is 6.08. The van der Waals surface area contributed by atoms with Crippen LogP contribution < -0.4 is 15.1 Å². The Balaban J connectivity index is 1.28. The summed E-state index contributed by atoms with van der Waals surface area (Å²) in [5.74, 6) is 0.0369. The van der Waals surface area contributed by atoms with Crippen molar-refractivity contribution in [3.8, 4) is 0 Å². The average Bonchev–Trinajstić information content (AvgIpc) is 2.85. The van der Waals surface area contributed by atoms with Crippen LogP contribution >= 0.6 is 0 Å². The molecular formula is C27H32N4O. The summed E-state index contributed by atoms with van der Waals surface area (Å²) in [6.07, 6.45) is 0. The number of hydrogen-bond acceptors (Lipinski definition) is 4. The van der Waals surface area contributed by atoms with Gasteiger partial charge in [0.25, 0.3) is 0 Å². The van der Waals surface area contributed by atoms with Gasteiger partial charge in [-0.3, -0.25) is 9.69 Å². The van der Waals surface area contributed by atoms with Crippen LogP contribution in [0, 0.1) is 0 Å². The SMILES string of the molecule is C[C@H](Nc1ccc(N2CCN(Cc3ccccc3)CC2)cc1)C(=O)N(C)c1ccccc1. The van der Waals surface area contributed by atoms with Crippen molar-refractivity contribution in [2.75, 3.05) is 48.3 Å². The fourth-order valence-electron chi connectivity index (χ4n) is 4.16. The summed E-state index contributed by atoms with van der Waals surface area (Å²) in [5.41, 5.74) is 4.46. The molecule has 0 saturated carbocycles. The number of nitrogens with one attached hydrogen (secondary N) is 1. The molecule has 0 radical (unpaired) electrons. The minimum atomic E-state index is -0.312. The van der Waals surface area contributed by atoms with Gasteiger partial charge in [-0.15, -0.1) is 0 Å². The Labute approximate surface area is 191 Å². The number of rotatable bonds is 7. The quantitative estimate of drug-likeness (QED) is 0.603. The largest absolute Gasteiger partial charge is 0.374 e. The van der Waals surface area contributed by atoms with Gasteiger partial charge in [-0.1, -0.05) is 48.5 Å². The van der Waals surface area contributed by atoms with Gasteiger partial charge in [-0.25, -0.2) is 0 Å². The summed E-state index contributed by atoms with van der Waals surface area (Å²) in [5, 5.41) is 3.34. The molecule has 1 atom stereocenters. The Hall–Kier alpha value is -3.31. The zero-order valence-corrected chi connectivity index (χ0v) is 18.9. The van der Waals surface area contributed by atoms with E-state index in [-0.39, 0.29) is 11.9 Å². The summed E-state index contributed by atoms with van der Waals surface area (Å²) < 4.78 is 0. The Bertz CT molecular complexity index is 983. The molecule has 1 heterocycles. The lowest BCUT2D eigenvalue weighted by atomic mass is 10.2. The Morgan fingerprint density at radius 1 is 0.875 bits per heavy atom. The summed E-state index contributed by atoms with van der Waals surface area (Å²) in [6.45, 7) is 7.09. The second-order valence-electron chi connectivity index (χ2n) is 8.39. The summed E-state index contributed by atoms with van der Waals surface area (Å²) in [6, 6.07) is 28.5. The first-order valence-corrected chi connectivity index (χ1v) is 11.3. The highest BCUT2D eigenvalue weighted by Gasteiger charge is 2.20. The van der Waals surface area contributed by atoms with E-state index >= 15 is 0 Å². The van der Waals surface area contributed by atoms with Crippen molar-refractivity contribution in [1.29, 1.82) is 0 Å². The van der Waals surface area contributed by atoms with Gasteiger partial charge >= 0.3 is 0 Å². The Morgan fingerprint density at radius 3 is 2.09 bits per heavy atom. The van der Waals surface area contributed by atoms with Gasteiger partial charge in [0.15, 0.2) is 0 Å². The van der Waals surface area contributed by atoms with E-state index in [1.165, 1.54) is 11.3 Å². The van der Waals surface area contributed by atoms with Crippen LogP contribution in [0.25, 0.3) is 0 Å². The van der Waals surface area contributed by atoms with E-state index in [2.05, 4.69) is 69.7 Å². The second kappa shape index (κ2) is 10.3. The van der Waals surface area contributed by atoms with E-state index < -0.39 is 0 Å². The van der Waals surface area contributed by atoms with E-state index in [4.69, 9.17) is 0 Å². The van der Waals surface area contributed by atoms with Crippen molar-refractivity contribution in [1.82, 2.24) is 4.90 Å². The number of piperazine rings is 1. The van der Waals surface area contributed by atoms with E-state index in [9.17, 15) is 4.79 Å². The minimum absolute atomic E-state index is 0.0369. The topological polar surface area (TPSA) is 38.8 Å². The smallest absolute Gasteiger partial charge is 0.248 e. The van der Waals surface area contributed by atoms with Gasteiger partial charge in [-0.05, 0) is 48.9 Å². The maximum Gasteiger partial charge on any atom is 0.248 e. The third-order valence-electron chi connectivity index (χ3n) is 6.08. The van der Waals surface area contributed by atoms with Gasteiger partial charge in [0.1, 0.15) is 6.04 Å². The molecule has 3 aromatic rings. The molecule has 1 saturated heterocycles. The Kier molecular flexibility index (Phi) is 7.07. The molecule has 0 unspecified atom stereocenters. The molecule has 5 heteroatoms. The molecule has 5 nitrogen and oxygen atoms in total. The molecule has 1 N–H and O–H groups in total. The predicted octanol–water partition coefficient (Wildman–Crippen LogP) is 4.47. The fraction of sp³-hybridized carbons (Fsp3) is 0.296. The van der Waals surface area contributed by atoms with Crippen LogP contribution in [0.1, 0.15) is 12.5 Å². The minimum Gasteiger partial charge on any atom is -0.374 e. The highest BCUT2D eigenvalue weighted by Crippen LogP contribution is 2.21. The van der Waals surface area contributed by atoms with Crippen LogP contribution in [0.2, 0.25) is 0 Å². The molecule has 166 valence electrons. The molecule has 3 aromatic carbocycles. The fourth-order valence-corrected chi connectivity index (χ4v) is 4.16. The van der Waals surface area contributed by atoms with Crippen LogP contribution in [0.3, 0.4) is 0 Å². The standard InChI is InChI=1S/C27H32N4O/c1-22(27(32)29(2)25-11-7-4-8-12-25)28-24-13-15-26(16-14-24)31-19-17-30(18-20-31)21-23-9-5-3-6-10-23/h3-16,22,28H,17-21H2,1-2H3/t22-/m0/s1. The van der Waals surface area contributed by atoms with Crippen molar-refractivity contribution < 1.29 is 4.79 Å². The van der Waals surface area contributed by atoms with Crippen LogP contribution in [0.5, 0.6) is 0 Å². The maximum absolute atomic E-state index is 12.8. The normalized spacial score (nSPS) is 15.2. The lowest BCUT2D eigenvalue weighted by molar-refractivity contribution is -0.118. The lowest BCUT2D eigenvalue weighted by Gasteiger charge is -2.36. The van der Waals surface area contributed by atoms with Crippen LogP contribution in [0.4, 0.5) is 17.1 Å². The third kappa shape index (κ3) is 5.48. The number of amides is 1. The second-order valence-corrected chi connectivity index (χ2v) is 8.39. The number of carbonyl (C=O) groups is 1. The summed E-state index contributed by atoms with van der Waals surface area (Å²) >= 11 is 0. The molecular weight excluding hydrogens is 396 g/mol. The van der Waals surface area contributed by atoms with E-state index in [1.54, 1.807) is 4.90 Å². The predicted molar refractivity (Wildman–Crippen MR) is 133 cm³/mol. The Morgan fingerprint density at radius 2 is 1.47 bits per heavy atom. The molecule has 1 fully saturated rings. The number of para-hydroxylation sites is 1. The van der Waals surface area contributed by atoms with Crippen molar-refractivity contribution in [2.24, 2.45) is 0 Å². The number of benzene rings is 3. The maximum atomic E-state index is 12.8. The van der Waals surface area contributed by atoms with Gasteiger partial charge in [0, 0.05) is 56.8 Å². The van der Waals surface area contributed by atoms with Gasteiger partial charge in [0.2, 0.25) is 5.91 Å². The van der Waals surface area contributed by atoms with E-state index in [1.807, 2.05) is 44.3 Å². The number of hydrogen-bond donors (Lipinski definition) is 1. The molecule has 32 heavy (non-hydrogen) atoms. The number of nitrogens with zero attached hydrogens (tertiary/aromatic N) is 3. The zero-order chi connectivity index (χ0) is 22.3. The highest BCUT2D eigenvalue weighted by atomic mass is 16.2. The summed E-state index contributed by atoms with van der Waals surface area (Å²) in [7, 11) is 1.82. The first-order valence-electron chi connectivity index (χ1n) is 11.3. The monoisotopic (exact) mass is 428 g/mol. The molecule has 4 rings (SSSR count). The molecule has 0 bridgehead atoms. The molecule has 1 aliphatic heterocycles. The van der Waals surface area contributed by atoms with Crippen LogP contribution in [0.15, 0.2) is 84.9 Å². The van der Waals surface area contributed by atoms with Crippen LogP contribution in [-0.2, 0) is 11.3 Å². The van der Waals surface area contributed by atoms with Crippen LogP contribution in [-0.4, -0.2) is 50.1 Å². The summed E-state index contributed by atoms with van der Waals surface area (Å²) in [4.78, 5) is 19.4. The van der Waals surface area contributed by atoms with E-state index in [0.29, 0.717) is 0 Å². The average molecular weight is 429 g/mol. The molecule has 0 aromatic heterocycles. The van der Waals surface area contributed by atoms with Crippen molar-refractivity contribution in [3.05, 3.63) is 90.5 Å². The molecule has 1 aliphatic rings. The van der Waals surface area contributed by atoms with Crippen molar-refractivity contribution in [3.63, 3.8) is 0 Å². The first-order chi connectivity index (χ1) is 15.6. The van der Waals surface area contributed by atoms with Crippen molar-refractivity contribution in [2.45, 2.75) is 19.5 Å². The number of anilines is 3. The number of likely N-dealkylation sites (N-methyl/N-ethyl adjacent to an activating group) is 1. The molecule has 0 spiro atoms. The molecule has 1 amide bonds. The van der Waals surface area contributed by atoms with Gasteiger partial charge < -0.3 is 15.1 Å². The molecule has 0 aliphatic carbocycles. The first kappa shape index (κ1) is 21.9. The van der Waals surface area contributed by atoms with E-state index in [0.717, 1.165) is 44.1 Å². The highest BCUT2D eigenvalue weighted by molar-refractivity contribution is 5.98. The van der Waals surface area contributed by atoms with Gasteiger partial charge in [-0.2, -0.15) is 0 Å². The van der Waals surface area contributed by atoms with Crippen molar-refractivity contribution >= 4 is 23.0 Å².